The Labute approximate surface area is 256 Å². The van der Waals surface area contributed by atoms with Gasteiger partial charge in [-0.1, -0.05) is 72.9 Å². The highest BCUT2D eigenvalue weighted by Crippen LogP contribution is 2.36. The van der Waals surface area contributed by atoms with E-state index in [1.165, 1.54) is 17.0 Å². The molecule has 2 amide bonds. The second-order valence-electron chi connectivity index (χ2n) is 9.88. The highest BCUT2D eigenvalue weighted by molar-refractivity contribution is 7.92. The number of sulfonamides is 1. The van der Waals surface area contributed by atoms with E-state index in [0.29, 0.717) is 33.7 Å². The zero-order chi connectivity index (χ0) is 30.3. The zero-order valence-corrected chi connectivity index (χ0v) is 25.7. The first-order valence-corrected chi connectivity index (χ1v) is 16.1. The number of nitrogens with one attached hydrogen (secondary N) is 1. The standard InChI is InChI=1S/C30H33Cl2N3O6S/c1-3-4-15-33-30(37)26(16-21-9-6-5-7-10-21)34(18-23-24(31)11-8-12-25(23)32)29(36)19-35(42(2,38)39)22-13-14-27-28(17-22)41-20-40-27/h5-14,17,26H,3-4,15-16,18-20H2,1-2H3,(H,33,37)/t26-/m1/s1. The zero-order valence-electron chi connectivity index (χ0n) is 23.4. The Balaban J connectivity index is 1.74. The maximum Gasteiger partial charge on any atom is 0.244 e. The van der Waals surface area contributed by atoms with Gasteiger partial charge in [0.25, 0.3) is 0 Å². The molecular formula is C30H33Cl2N3O6S. The molecule has 0 aliphatic carbocycles. The number of rotatable bonds is 13. The number of ether oxygens (including phenoxy) is 2. The fourth-order valence-electron chi connectivity index (χ4n) is 4.57. The Kier molecular flexibility index (Phi) is 10.6. The molecule has 9 nitrogen and oxygen atoms in total. The second kappa shape index (κ2) is 14.1. The number of halogens is 2. The predicted octanol–water partition coefficient (Wildman–Crippen LogP) is 5.04. The van der Waals surface area contributed by atoms with Crippen molar-refractivity contribution in [1.29, 1.82) is 0 Å². The molecule has 224 valence electrons. The van der Waals surface area contributed by atoms with Crippen LogP contribution in [0.25, 0.3) is 0 Å². The van der Waals surface area contributed by atoms with Crippen molar-refractivity contribution in [2.45, 2.75) is 38.8 Å². The van der Waals surface area contributed by atoms with Gasteiger partial charge in [-0.15, -0.1) is 0 Å². The Hall–Kier alpha value is -3.47. The lowest BCUT2D eigenvalue weighted by atomic mass is 10.0. The van der Waals surface area contributed by atoms with Crippen molar-refractivity contribution in [2.24, 2.45) is 0 Å². The number of carbonyl (C=O) groups is 2. The molecular weight excluding hydrogens is 601 g/mol. The van der Waals surface area contributed by atoms with E-state index in [2.05, 4.69) is 5.32 Å². The van der Waals surface area contributed by atoms with E-state index >= 15 is 0 Å². The van der Waals surface area contributed by atoms with Gasteiger partial charge in [-0.3, -0.25) is 13.9 Å². The van der Waals surface area contributed by atoms with Gasteiger partial charge in [-0.05, 0) is 36.2 Å². The van der Waals surface area contributed by atoms with Gasteiger partial charge in [0.2, 0.25) is 28.6 Å². The second-order valence-corrected chi connectivity index (χ2v) is 12.6. The van der Waals surface area contributed by atoms with E-state index < -0.39 is 28.5 Å². The highest BCUT2D eigenvalue weighted by Gasteiger charge is 2.34. The molecule has 12 heteroatoms. The summed E-state index contributed by atoms with van der Waals surface area (Å²) < 4.78 is 37.7. The minimum absolute atomic E-state index is 0.0112. The average molecular weight is 635 g/mol. The Morgan fingerprint density at radius 1 is 0.976 bits per heavy atom. The molecule has 1 heterocycles. The summed E-state index contributed by atoms with van der Waals surface area (Å²) in [6.07, 6.45) is 2.84. The minimum atomic E-state index is -3.94. The van der Waals surface area contributed by atoms with Crippen LogP contribution in [-0.2, 0) is 32.6 Å². The fourth-order valence-corrected chi connectivity index (χ4v) is 5.93. The van der Waals surface area contributed by atoms with Crippen LogP contribution in [0.2, 0.25) is 10.0 Å². The van der Waals surface area contributed by atoms with Crippen molar-refractivity contribution in [3.63, 3.8) is 0 Å². The molecule has 0 aromatic heterocycles. The third-order valence-corrected chi connectivity index (χ3v) is 8.66. The van der Waals surface area contributed by atoms with Gasteiger partial charge in [-0.25, -0.2) is 8.42 Å². The smallest absolute Gasteiger partial charge is 0.244 e. The molecule has 0 unspecified atom stereocenters. The summed E-state index contributed by atoms with van der Waals surface area (Å²) in [7, 11) is -3.94. The molecule has 3 aromatic rings. The van der Waals surface area contributed by atoms with Gasteiger partial charge in [0, 0.05) is 41.2 Å². The summed E-state index contributed by atoms with van der Waals surface area (Å²) in [4.78, 5) is 29.2. The van der Waals surface area contributed by atoms with Crippen molar-refractivity contribution in [1.82, 2.24) is 10.2 Å². The number of hydrogen-bond acceptors (Lipinski definition) is 6. The van der Waals surface area contributed by atoms with E-state index in [9.17, 15) is 18.0 Å². The third-order valence-electron chi connectivity index (χ3n) is 6.81. The number of nitrogens with zero attached hydrogens (tertiary/aromatic N) is 2. The Bertz CT molecular complexity index is 1500. The van der Waals surface area contributed by atoms with E-state index in [-0.39, 0.29) is 31.4 Å². The molecule has 1 aliphatic rings. The van der Waals surface area contributed by atoms with E-state index in [4.69, 9.17) is 32.7 Å². The molecule has 0 saturated carbocycles. The summed E-state index contributed by atoms with van der Waals surface area (Å²) in [6.45, 7) is 1.76. The number of amides is 2. The summed E-state index contributed by atoms with van der Waals surface area (Å²) in [5, 5.41) is 3.58. The van der Waals surface area contributed by atoms with Gasteiger partial charge in [0.15, 0.2) is 11.5 Å². The van der Waals surface area contributed by atoms with Crippen LogP contribution >= 0.6 is 23.2 Å². The van der Waals surface area contributed by atoms with Crippen LogP contribution in [0.5, 0.6) is 11.5 Å². The van der Waals surface area contributed by atoms with Crippen molar-refractivity contribution >= 4 is 50.7 Å². The molecule has 0 saturated heterocycles. The Morgan fingerprint density at radius 3 is 2.33 bits per heavy atom. The van der Waals surface area contributed by atoms with E-state index in [1.54, 1.807) is 24.3 Å². The lowest BCUT2D eigenvalue weighted by Crippen LogP contribution is -2.53. The maximum atomic E-state index is 14.2. The number of anilines is 1. The van der Waals surface area contributed by atoms with Crippen LogP contribution in [0.3, 0.4) is 0 Å². The molecule has 3 aromatic carbocycles. The van der Waals surface area contributed by atoms with Crippen LogP contribution in [0.1, 0.15) is 30.9 Å². The SMILES string of the molecule is CCCCNC(=O)[C@@H](Cc1ccccc1)N(Cc1c(Cl)cccc1Cl)C(=O)CN(c1ccc2c(c1)OCO2)S(C)(=O)=O. The third kappa shape index (κ3) is 7.87. The number of carbonyl (C=O) groups excluding carboxylic acids is 2. The van der Waals surface area contributed by atoms with Crippen molar-refractivity contribution in [2.75, 3.05) is 30.4 Å². The maximum absolute atomic E-state index is 14.2. The molecule has 1 atom stereocenters. The number of unbranched alkanes of at least 4 members (excludes halogenated alkanes) is 1. The molecule has 0 fully saturated rings. The molecule has 0 spiro atoms. The van der Waals surface area contributed by atoms with Gasteiger partial charge >= 0.3 is 0 Å². The molecule has 42 heavy (non-hydrogen) atoms. The van der Waals surface area contributed by atoms with Crippen LogP contribution in [-0.4, -0.2) is 57.3 Å². The van der Waals surface area contributed by atoms with Crippen LogP contribution in [0, 0.1) is 0 Å². The van der Waals surface area contributed by atoms with Crippen molar-refractivity contribution in [3.05, 3.63) is 87.9 Å². The van der Waals surface area contributed by atoms with Crippen molar-refractivity contribution < 1.29 is 27.5 Å². The van der Waals surface area contributed by atoms with Crippen LogP contribution < -0.4 is 19.1 Å². The van der Waals surface area contributed by atoms with Crippen LogP contribution in [0.4, 0.5) is 5.69 Å². The van der Waals surface area contributed by atoms with Crippen LogP contribution in [0.15, 0.2) is 66.7 Å². The first-order chi connectivity index (χ1) is 20.1. The van der Waals surface area contributed by atoms with Gasteiger partial charge in [0.1, 0.15) is 12.6 Å². The molecule has 0 bridgehead atoms. The van der Waals surface area contributed by atoms with E-state index in [1.807, 2.05) is 37.3 Å². The van der Waals surface area contributed by atoms with E-state index in [0.717, 1.165) is 29.0 Å². The highest BCUT2D eigenvalue weighted by atomic mass is 35.5. The molecule has 4 rings (SSSR count). The summed E-state index contributed by atoms with van der Waals surface area (Å²) in [5.41, 5.74) is 1.49. The van der Waals surface area contributed by atoms with Gasteiger partial charge < -0.3 is 19.7 Å². The summed E-state index contributed by atoms with van der Waals surface area (Å²) in [5.74, 6) is -0.135. The first kappa shape index (κ1) is 31.5. The number of benzene rings is 3. The van der Waals surface area contributed by atoms with Gasteiger partial charge in [0.05, 0.1) is 11.9 Å². The normalized spacial score (nSPS) is 13.0. The monoisotopic (exact) mass is 633 g/mol. The predicted molar refractivity (Wildman–Crippen MR) is 164 cm³/mol. The largest absolute Gasteiger partial charge is 0.454 e. The lowest BCUT2D eigenvalue weighted by Gasteiger charge is -2.34. The quantitative estimate of drug-likeness (QED) is 0.264. The number of fused-ring (bicyclic) bond motifs is 1. The first-order valence-electron chi connectivity index (χ1n) is 13.5. The molecule has 1 aliphatic heterocycles. The molecule has 0 radical (unpaired) electrons. The molecule has 1 N–H and O–H groups in total. The van der Waals surface area contributed by atoms with Crippen molar-refractivity contribution in [3.8, 4) is 11.5 Å². The Morgan fingerprint density at radius 2 is 1.67 bits per heavy atom. The minimum Gasteiger partial charge on any atom is -0.454 e. The summed E-state index contributed by atoms with van der Waals surface area (Å²) in [6, 6.07) is 17.9. The number of hydrogen-bond donors (Lipinski definition) is 1. The average Bonchev–Trinajstić information content (AvgIpc) is 3.43. The fraction of sp³-hybridized carbons (Fsp3) is 0.333. The lowest BCUT2D eigenvalue weighted by molar-refractivity contribution is -0.140. The topological polar surface area (TPSA) is 105 Å². The summed E-state index contributed by atoms with van der Waals surface area (Å²) >= 11 is 13.0. The van der Waals surface area contributed by atoms with Gasteiger partial charge in [-0.2, -0.15) is 0 Å².